The minimum Gasteiger partial charge on any atom is -0.353 e. The van der Waals surface area contributed by atoms with E-state index in [2.05, 4.69) is 10.2 Å². The van der Waals surface area contributed by atoms with Crippen LogP contribution in [0.3, 0.4) is 0 Å². The van der Waals surface area contributed by atoms with Crippen LogP contribution in [0.5, 0.6) is 0 Å². The van der Waals surface area contributed by atoms with Gasteiger partial charge in [-0.1, -0.05) is 18.2 Å². The Morgan fingerprint density at radius 3 is 2.82 bits per heavy atom. The zero-order valence-corrected chi connectivity index (χ0v) is 12.1. The molecule has 0 aromatic heterocycles. The quantitative estimate of drug-likeness (QED) is 0.894. The number of amides is 1. The molecule has 3 rings (SSSR count). The van der Waals surface area contributed by atoms with E-state index in [0.717, 1.165) is 25.7 Å². The van der Waals surface area contributed by atoms with Crippen molar-refractivity contribution in [2.75, 3.05) is 32.7 Å². The third-order valence-corrected chi connectivity index (χ3v) is 4.24. The van der Waals surface area contributed by atoms with Crippen molar-refractivity contribution in [1.29, 1.82) is 0 Å². The van der Waals surface area contributed by atoms with Crippen LogP contribution in [-0.4, -0.2) is 54.5 Å². The molecule has 1 unspecified atom stereocenters. The van der Waals surface area contributed by atoms with E-state index in [-0.39, 0.29) is 11.9 Å². The zero-order chi connectivity index (χ0) is 15.7. The summed E-state index contributed by atoms with van der Waals surface area (Å²) < 4.78 is 38.2. The van der Waals surface area contributed by atoms with Crippen molar-refractivity contribution in [2.24, 2.45) is 0 Å². The van der Waals surface area contributed by atoms with Gasteiger partial charge in [0.2, 0.25) is 5.91 Å². The minimum absolute atomic E-state index is 0.0139. The van der Waals surface area contributed by atoms with E-state index in [0.29, 0.717) is 25.2 Å². The average Bonchev–Trinajstić information content (AvgIpc) is 2.48. The van der Waals surface area contributed by atoms with Crippen LogP contribution in [0.2, 0.25) is 0 Å². The number of fused-ring (bicyclic) bond motifs is 1. The van der Waals surface area contributed by atoms with E-state index in [1.54, 1.807) is 6.07 Å². The Hall–Kier alpha value is -1.60. The van der Waals surface area contributed by atoms with Crippen LogP contribution in [0, 0.1) is 0 Å². The second-order valence-corrected chi connectivity index (χ2v) is 5.78. The first kappa shape index (κ1) is 15.3. The predicted molar refractivity (Wildman–Crippen MR) is 75.1 cm³/mol. The lowest BCUT2D eigenvalue weighted by atomic mass is 10.1. The van der Waals surface area contributed by atoms with Crippen LogP contribution < -0.4 is 5.32 Å². The fraction of sp³-hybridized carbons (Fsp3) is 0.533. The summed E-state index contributed by atoms with van der Waals surface area (Å²) in [6.07, 6.45) is -4.32. The molecular formula is C15H18F3N3O. The standard InChI is InChI=1S/C15H18F3N3O/c16-15(17,18)12-3-1-2-11(8-12)9-20-6-7-21-5-4-19-14(22)13(21)10-20/h1-3,8,13H,4-7,9-10H2,(H,19,22). The molecule has 1 aromatic rings. The third-order valence-electron chi connectivity index (χ3n) is 4.24. The molecule has 2 saturated heterocycles. The number of piperazine rings is 2. The van der Waals surface area contributed by atoms with Gasteiger partial charge in [-0.25, -0.2) is 0 Å². The maximum absolute atomic E-state index is 12.7. The maximum Gasteiger partial charge on any atom is 0.416 e. The van der Waals surface area contributed by atoms with Gasteiger partial charge >= 0.3 is 6.18 Å². The number of carbonyl (C=O) groups excluding carboxylic acids is 1. The fourth-order valence-electron chi connectivity index (χ4n) is 3.08. The van der Waals surface area contributed by atoms with E-state index in [1.165, 1.54) is 12.1 Å². The lowest BCUT2D eigenvalue weighted by Crippen LogP contribution is -2.63. The number of halogens is 3. The largest absolute Gasteiger partial charge is 0.416 e. The van der Waals surface area contributed by atoms with Crippen molar-refractivity contribution in [1.82, 2.24) is 15.1 Å². The summed E-state index contributed by atoms with van der Waals surface area (Å²) in [5.41, 5.74) is -0.00135. The first-order valence-corrected chi connectivity index (χ1v) is 7.34. The molecule has 0 bridgehead atoms. The molecule has 120 valence electrons. The second-order valence-electron chi connectivity index (χ2n) is 5.78. The predicted octanol–water partition coefficient (Wildman–Crippen LogP) is 1.32. The third kappa shape index (κ3) is 3.25. The van der Waals surface area contributed by atoms with E-state index >= 15 is 0 Å². The SMILES string of the molecule is O=C1NCCN2CCN(Cc3cccc(C(F)(F)F)c3)CC12. The Morgan fingerprint density at radius 1 is 1.23 bits per heavy atom. The molecule has 0 spiro atoms. The van der Waals surface area contributed by atoms with E-state index in [4.69, 9.17) is 0 Å². The molecule has 7 heteroatoms. The molecule has 0 aliphatic carbocycles. The molecule has 2 aliphatic rings. The van der Waals surface area contributed by atoms with Gasteiger partial charge in [0.25, 0.3) is 0 Å². The van der Waals surface area contributed by atoms with Crippen LogP contribution in [0.1, 0.15) is 11.1 Å². The number of nitrogens with one attached hydrogen (secondary N) is 1. The van der Waals surface area contributed by atoms with Crippen molar-refractivity contribution in [3.63, 3.8) is 0 Å². The van der Waals surface area contributed by atoms with Gasteiger partial charge in [0.1, 0.15) is 6.04 Å². The monoisotopic (exact) mass is 313 g/mol. The van der Waals surface area contributed by atoms with Crippen molar-refractivity contribution in [3.05, 3.63) is 35.4 Å². The molecule has 0 saturated carbocycles. The Kier molecular flexibility index (Phi) is 4.10. The Bertz CT molecular complexity index is 561. The minimum atomic E-state index is -4.32. The van der Waals surface area contributed by atoms with Gasteiger partial charge in [0.15, 0.2) is 0 Å². The summed E-state index contributed by atoms with van der Waals surface area (Å²) in [4.78, 5) is 16.1. The molecule has 2 heterocycles. The molecule has 2 fully saturated rings. The topological polar surface area (TPSA) is 35.6 Å². The van der Waals surface area contributed by atoms with Crippen LogP contribution in [0.15, 0.2) is 24.3 Å². The van der Waals surface area contributed by atoms with Crippen LogP contribution >= 0.6 is 0 Å². The molecule has 1 N–H and O–H groups in total. The van der Waals surface area contributed by atoms with Crippen LogP contribution in [0.25, 0.3) is 0 Å². The lowest BCUT2D eigenvalue weighted by Gasteiger charge is -2.43. The fourth-order valence-corrected chi connectivity index (χ4v) is 3.08. The number of alkyl halides is 3. The van der Waals surface area contributed by atoms with Gasteiger partial charge in [-0.05, 0) is 11.6 Å². The van der Waals surface area contributed by atoms with Crippen molar-refractivity contribution in [2.45, 2.75) is 18.8 Å². The van der Waals surface area contributed by atoms with Gasteiger partial charge in [0.05, 0.1) is 5.56 Å². The number of benzene rings is 1. The van der Waals surface area contributed by atoms with E-state index in [1.807, 2.05) is 4.90 Å². The van der Waals surface area contributed by atoms with Crippen molar-refractivity contribution in [3.8, 4) is 0 Å². The van der Waals surface area contributed by atoms with Gasteiger partial charge in [-0.2, -0.15) is 13.2 Å². The average molecular weight is 313 g/mol. The van der Waals surface area contributed by atoms with Gasteiger partial charge in [-0.3, -0.25) is 14.6 Å². The first-order valence-electron chi connectivity index (χ1n) is 7.34. The number of carbonyl (C=O) groups is 1. The summed E-state index contributed by atoms with van der Waals surface area (Å²) >= 11 is 0. The Balaban J connectivity index is 1.68. The molecule has 1 aromatic carbocycles. The summed E-state index contributed by atoms with van der Waals surface area (Å²) in [6.45, 7) is 4.04. The highest BCUT2D eigenvalue weighted by Gasteiger charge is 2.35. The smallest absolute Gasteiger partial charge is 0.353 e. The Labute approximate surface area is 126 Å². The lowest BCUT2D eigenvalue weighted by molar-refractivity contribution is -0.137. The van der Waals surface area contributed by atoms with Gasteiger partial charge in [-0.15, -0.1) is 0 Å². The summed E-state index contributed by atoms with van der Waals surface area (Å²) in [5.74, 6) is 0.0139. The van der Waals surface area contributed by atoms with Crippen LogP contribution in [-0.2, 0) is 17.5 Å². The van der Waals surface area contributed by atoms with Gasteiger partial charge in [0, 0.05) is 39.3 Å². The molecule has 2 aliphatic heterocycles. The Morgan fingerprint density at radius 2 is 2.05 bits per heavy atom. The number of rotatable bonds is 2. The van der Waals surface area contributed by atoms with Crippen LogP contribution in [0.4, 0.5) is 13.2 Å². The highest BCUT2D eigenvalue weighted by molar-refractivity contribution is 5.82. The summed E-state index contributed by atoms with van der Waals surface area (Å²) in [6, 6.07) is 5.21. The maximum atomic E-state index is 12.7. The highest BCUT2D eigenvalue weighted by Crippen LogP contribution is 2.30. The molecular weight excluding hydrogens is 295 g/mol. The van der Waals surface area contributed by atoms with E-state index < -0.39 is 11.7 Å². The molecule has 22 heavy (non-hydrogen) atoms. The number of hydrogen-bond acceptors (Lipinski definition) is 3. The zero-order valence-electron chi connectivity index (χ0n) is 12.1. The molecule has 1 atom stereocenters. The summed E-state index contributed by atoms with van der Waals surface area (Å²) in [5, 5.41) is 2.84. The molecule has 0 radical (unpaired) electrons. The van der Waals surface area contributed by atoms with Crippen molar-refractivity contribution < 1.29 is 18.0 Å². The van der Waals surface area contributed by atoms with Gasteiger partial charge < -0.3 is 5.32 Å². The normalized spacial score (nSPS) is 24.0. The second kappa shape index (κ2) is 5.89. The first-order chi connectivity index (χ1) is 10.4. The molecule has 4 nitrogen and oxygen atoms in total. The number of nitrogens with zero attached hydrogens (tertiary/aromatic N) is 2. The van der Waals surface area contributed by atoms with E-state index in [9.17, 15) is 18.0 Å². The number of hydrogen-bond donors (Lipinski definition) is 1. The highest BCUT2D eigenvalue weighted by atomic mass is 19.4. The molecule has 1 amide bonds. The van der Waals surface area contributed by atoms with Crippen molar-refractivity contribution >= 4 is 5.91 Å². The summed E-state index contributed by atoms with van der Waals surface area (Å²) in [7, 11) is 0.